The van der Waals surface area contributed by atoms with Gasteiger partial charge in [-0.2, -0.15) is 0 Å². The lowest BCUT2D eigenvalue weighted by Crippen LogP contribution is -2.48. The molecule has 1 atom stereocenters. The van der Waals surface area contributed by atoms with Crippen molar-refractivity contribution in [2.75, 3.05) is 19.6 Å². The summed E-state index contributed by atoms with van der Waals surface area (Å²) in [5.74, 6) is 0. The second-order valence-electron chi connectivity index (χ2n) is 3.95. The number of rotatable bonds is 2. The topological polar surface area (TPSA) is 28.2 Å². The van der Waals surface area contributed by atoms with E-state index in [0.29, 0.717) is 6.04 Å². The first kappa shape index (κ1) is 10.1. The zero-order chi connectivity index (χ0) is 9.97. The van der Waals surface area contributed by atoms with Gasteiger partial charge in [-0.15, -0.1) is 11.3 Å². The second-order valence-corrected chi connectivity index (χ2v) is 5.01. The van der Waals surface area contributed by atoms with E-state index in [1.54, 1.807) is 11.3 Å². The molecule has 1 N–H and O–H groups in total. The van der Waals surface area contributed by atoms with Crippen LogP contribution in [0.25, 0.3) is 0 Å². The fourth-order valence-corrected chi connectivity index (χ4v) is 2.47. The number of hydrogen-bond acceptors (Lipinski definition) is 4. The van der Waals surface area contributed by atoms with Crippen molar-refractivity contribution in [2.24, 2.45) is 0 Å². The number of nitrogens with one attached hydrogen (secondary N) is 1. The third-order valence-corrected chi connectivity index (χ3v) is 3.33. The van der Waals surface area contributed by atoms with Gasteiger partial charge in [0, 0.05) is 37.6 Å². The summed E-state index contributed by atoms with van der Waals surface area (Å²) in [7, 11) is 0. The molecule has 0 aliphatic carbocycles. The van der Waals surface area contributed by atoms with E-state index in [-0.39, 0.29) is 0 Å². The molecule has 4 heteroatoms. The molecule has 1 aromatic rings. The predicted octanol–water partition coefficient (Wildman–Crippen LogP) is 1.25. The van der Waals surface area contributed by atoms with E-state index in [9.17, 15) is 0 Å². The lowest BCUT2D eigenvalue weighted by atomic mass is 10.2. The molecule has 0 amide bonds. The van der Waals surface area contributed by atoms with Crippen LogP contribution in [0.2, 0.25) is 0 Å². The van der Waals surface area contributed by atoms with Gasteiger partial charge in [0.2, 0.25) is 0 Å². The Morgan fingerprint density at radius 1 is 1.71 bits per heavy atom. The maximum Gasteiger partial charge on any atom is 0.0897 e. The summed E-state index contributed by atoms with van der Waals surface area (Å²) >= 11 is 1.74. The highest BCUT2D eigenvalue weighted by molar-refractivity contribution is 7.09. The Balaban J connectivity index is 1.90. The largest absolute Gasteiger partial charge is 0.312 e. The third kappa shape index (κ3) is 2.53. The first-order valence-corrected chi connectivity index (χ1v) is 5.99. The molecule has 1 aromatic heterocycles. The van der Waals surface area contributed by atoms with Crippen LogP contribution in [0.4, 0.5) is 0 Å². The Labute approximate surface area is 89.1 Å². The summed E-state index contributed by atoms with van der Waals surface area (Å²) in [6.45, 7) is 8.69. The van der Waals surface area contributed by atoms with E-state index in [1.807, 2.05) is 0 Å². The molecule has 78 valence electrons. The fraction of sp³-hybridized carbons (Fsp3) is 0.700. The summed E-state index contributed by atoms with van der Waals surface area (Å²) < 4.78 is 0. The normalized spacial score (nSPS) is 24.0. The van der Waals surface area contributed by atoms with E-state index in [2.05, 4.69) is 34.4 Å². The van der Waals surface area contributed by atoms with E-state index >= 15 is 0 Å². The fourth-order valence-electron chi connectivity index (χ4n) is 1.87. The van der Waals surface area contributed by atoms with Crippen molar-refractivity contribution in [3.63, 3.8) is 0 Å². The van der Waals surface area contributed by atoms with Crippen LogP contribution in [0.3, 0.4) is 0 Å². The number of aromatic nitrogens is 1. The zero-order valence-electron chi connectivity index (χ0n) is 8.79. The van der Waals surface area contributed by atoms with Crippen LogP contribution in [-0.4, -0.2) is 35.6 Å². The van der Waals surface area contributed by atoms with Gasteiger partial charge in [0.05, 0.1) is 10.7 Å². The van der Waals surface area contributed by atoms with Crippen molar-refractivity contribution < 1.29 is 0 Å². The summed E-state index contributed by atoms with van der Waals surface area (Å²) in [6, 6.07) is 0.614. The second kappa shape index (κ2) is 4.38. The molecule has 2 rings (SSSR count). The molecule has 1 saturated heterocycles. The number of hydrogen-bond donors (Lipinski definition) is 1. The lowest BCUT2D eigenvalue weighted by Gasteiger charge is -2.31. The number of nitrogens with zero attached hydrogens (tertiary/aromatic N) is 2. The third-order valence-electron chi connectivity index (χ3n) is 2.51. The van der Waals surface area contributed by atoms with Crippen LogP contribution in [0, 0.1) is 6.92 Å². The van der Waals surface area contributed by atoms with Crippen LogP contribution < -0.4 is 5.32 Å². The lowest BCUT2D eigenvalue weighted by molar-refractivity contribution is 0.198. The average Bonchev–Trinajstić information content (AvgIpc) is 2.51. The standard InChI is InChI=1S/C10H17N3S/c1-8-5-13(4-3-11-8)6-10-7-14-9(2)12-10/h7-8,11H,3-6H2,1-2H3. The van der Waals surface area contributed by atoms with Crippen LogP contribution in [0.5, 0.6) is 0 Å². The zero-order valence-corrected chi connectivity index (χ0v) is 9.60. The Bertz CT molecular complexity index is 297. The number of aryl methyl sites for hydroxylation is 1. The van der Waals surface area contributed by atoms with Crippen molar-refractivity contribution in [3.8, 4) is 0 Å². The highest BCUT2D eigenvalue weighted by atomic mass is 32.1. The van der Waals surface area contributed by atoms with Crippen molar-refractivity contribution in [2.45, 2.75) is 26.4 Å². The highest BCUT2D eigenvalue weighted by Gasteiger charge is 2.16. The first-order chi connectivity index (χ1) is 6.74. The summed E-state index contributed by atoms with van der Waals surface area (Å²) in [6.07, 6.45) is 0. The minimum atomic E-state index is 0.614. The van der Waals surface area contributed by atoms with Gasteiger partial charge in [0.25, 0.3) is 0 Å². The van der Waals surface area contributed by atoms with E-state index in [1.165, 1.54) is 10.7 Å². The van der Waals surface area contributed by atoms with Gasteiger partial charge in [0.1, 0.15) is 0 Å². The maximum atomic E-state index is 4.49. The Kier molecular flexibility index (Phi) is 3.15. The van der Waals surface area contributed by atoms with E-state index < -0.39 is 0 Å². The molecular formula is C10H17N3S. The monoisotopic (exact) mass is 211 g/mol. The molecule has 0 bridgehead atoms. The van der Waals surface area contributed by atoms with Crippen molar-refractivity contribution in [3.05, 3.63) is 16.1 Å². The van der Waals surface area contributed by atoms with Crippen LogP contribution in [0.15, 0.2) is 5.38 Å². The predicted molar refractivity (Wildman–Crippen MR) is 59.6 cm³/mol. The SMILES string of the molecule is Cc1nc(CN2CCNC(C)C2)cs1. The van der Waals surface area contributed by atoms with Gasteiger partial charge in [-0.1, -0.05) is 0 Å². The Morgan fingerprint density at radius 2 is 2.57 bits per heavy atom. The van der Waals surface area contributed by atoms with Gasteiger partial charge in [-0.05, 0) is 13.8 Å². The van der Waals surface area contributed by atoms with Gasteiger partial charge >= 0.3 is 0 Å². The molecule has 3 nitrogen and oxygen atoms in total. The molecular weight excluding hydrogens is 194 g/mol. The van der Waals surface area contributed by atoms with Gasteiger partial charge in [-0.3, -0.25) is 4.90 Å². The van der Waals surface area contributed by atoms with E-state index in [0.717, 1.165) is 26.2 Å². The molecule has 0 radical (unpaired) electrons. The van der Waals surface area contributed by atoms with E-state index in [4.69, 9.17) is 0 Å². The van der Waals surface area contributed by atoms with Crippen molar-refractivity contribution in [1.82, 2.24) is 15.2 Å². The van der Waals surface area contributed by atoms with Gasteiger partial charge < -0.3 is 5.32 Å². The minimum Gasteiger partial charge on any atom is -0.312 e. The smallest absolute Gasteiger partial charge is 0.0897 e. The molecule has 0 aromatic carbocycles. The number of piperazine rings is 1. The Morgan fingerprint density at radius 3 is 3.21 bits per heavy atom. The van der Waals surface area contributed by atoms with Gasteiger partial charge in [0.15, 0.2) is 0 Å². The summed E-state index contributed by atoms with van der Waals surface area (Å²) in [5.41, 5.74) is 1.22. The molecule has 0 saturated carbocycles. The van der Waals surface area contributed by atoms with Crippen molar-refractivity contribution in [1.29, 1.82) is 0 Å². The first-order valence-electron chi connectivity index (χ1n) is 5.11. The molecule has 0 spiro atoms. The Hall–Kier alpha value is -0.450. The molecule has 1 aliphatic heterocycles. The van der Waals surface area contributed by atoms with Crippen LogP contribution in [-0.2, 0) is 6.54 Å². The molecule has 1 aliphatic rings. The molecule has 1 unspecified atom stereocenters. The molecule has 1 fully saturated rings. The van der Waals surface area contributed by atoms with Crippen molar-refractivity contribution >= 4 is 11.3 Å². The number of thiazole rings is 1. The molecule has 14 heavy (non-hydrogen) atoms. The summed E-state index contributed by atoms with van der Waals surface area (Å²) in [4.78, 5) is 6.95. The minimum absolute atomic E-state index is 0.614. The highest BCUT2D eigenvalue weighted by Crippen LogP contribution is 2.11. The molecule has 2 heterocycles. The maximum absolute atomic E-state index is 4.49. The van der Waals surface area contributed by atoms with Gasteiger partial charge in [-0.25, -0.2) is 4.98 Å². The quantitative estimate of drug-likeness (QED) is 0.798. The van der Waals surface area contributed by atoms with Crippen LogP contribution in [0.1, 0.15) is 17.6 Å². The average molecular weight is 211 g/mol. The summed E-state index contributed by atoms with van der Waals surface area (Å²) in [5, 5.41) is 6.78. The van der Waals surface area contributed by atoms with Crippen LogP contribution >= 0.6 is 11.3 Å².